The Labute approximate surface area is 351 Å². The van der Waals surface area contributed by atoms with Crippen LogP contribution in [0.1, 0.15) is 58.1 Å². The van der Waals surface area contributed by atoms with E-state index in [-0.39, 0.29) is 43.7 Å². The SMILES string of the molecule is O=C(COc1ccc(C2CCC(=O)NC2=O)cc1)NCCNC(=O)C(NC(=O)C(c1cccnc1)N(C(=O)c1ccco1)c1ccc(-c2ccccc2)cc1)c1ccccc1. The summed E-state index contributed by atoms with van der Waals surface area (Å²) >= 11 is 0. The fourth-order valence-electron chi connectivity index (χ4n) is 6.97. The van der Waals surface area contributed by atoms with Crippen LogP contribution >= 0.6 is 0 Å². The van der Waals surface area contributed by atoms with Crippen LogP contribution in [-0.2, 0) is 24.0 Å². The average molecular weight is 819 g/mol. The smallest absolute Gasteiger partial charge is 0.294 e. The maximum absolute atomic E-state index is 14.7. The molecule has 4 aromatic carbocycles. The molecule has 4 N–H and O–H groups in total. The maximum Gasteiger partial charge on any atom is 0.294 e. The number of imide groups is 1. The molecule has 7 rings (SSSR count). The maximum atomic E-state index is 14.7. The lowest BCUT2D eigenvalue weighted by molar-refractivity contribution is -0.134. The fourth-order valence-corrected chi connectivity index (χ4v) is 6.97. The molecular formula is C47H42N6O8. The van der Waals surface area contributed by atoms with Gasteiger partial charge in [0.2, 0.25) is 23.6 Å². The largest absolute Gasteiger partial charge is 0.484 e. The van der Waals surface area contributed by atoms with E-state index < -0.39 is 41.6 Å². The second-order valence-electron chi connectivity index (χ2n) is 14.1. The quantitative estimate of drug-likeness (QED) is 0.0731. The van der Waals surface area contributed by atoms with E-state index in [0.29, 0.717) is 29.0 Å². The van der Waals surface area contributed by atoms with Crippen LogP contribution in [0.5, 0.6) is 5.75 Å². The van der Waals surface area contributed by atoms with Crippen molar-refractivity contribution in [1.29, 1.82) is 0 Å². The second-order valence-corrected chi connectivity index (χ2v) is 14.1. The Morgan fingerprint density at radius 3 is 2.11 bits per heavy atom. The van der Waals surface area contributed by atoms with E-state index >= 15 is 0 Å². The Kier molecular flexibility index (Phi) is 13.4. The first-order valence-corrected chi connectivity index (χ1v) is 19.6. The number of aromatic nitrogens is 1. The summed E-state index contributed by atoms with van der Waals surface area (Å²) < 4.78 is 11.1. The normalized spacial score (nSPS) is 14.5. The molecule has 308 valence electrons. The molecule has 3 heterocycles. The molecule has 14 heteroatoms. The number of hydrogen-bond acceptors (Lipinski definition) is 9. The molecule has 1 aliphatic heterocycles. The molecule has 6 aromatic rings. The Balaban J connectivity index is 1.03. The number of rotatable bonds is 16. The zero-order chi connectivity index (χ0) is 42.6. The molecule has 6 amide bonds. The number of nitrogens with one attached hydrogen (secondary N) is 4. The van der Waals surface area contributed by atoms with Gasteiger partial charge >= 0.3 is 0 Å². The molecular weight excluding hydrogens is 777 g/mol. The summed E-state index contributed by atoms with van der Waals surface area (Å²) in [6, 6.07) is 36.3. The standard InChI is InChI=1S/C47H42N6O8/c54-40-24-23-38(44(56)51-40)33-17-21-37(22-18-33)61-30-41(55)49-26-27-50-45(57)42(34-11-5-2-6-12-34)52-46(58)43(35-13-7-25-48-29-35)53(47(59)39-14-8-28-60-39)36-19-15-32(16-20-36)31-9-3-1-4-10-31/h1-22,25,28-29,38,42-43H,23-24,26-27,30H2,(H,49,55)(H,50,57)(H,52,58)(H,51,54,56). The molecule has 1 fully saturated rings. The van der Waals surface area contributed by atoms with E-state index in [9.17, 15) is 28.8 Å². The number of carbonyl (C=O) groups is 6. The van der Waals surface area contributed by atoms with Crippen LogP contribution < -0.4 is 30.9 Å². The van der Waals surface area contributed by atoms with Gasteiger partial charge < -0.3 is 25.1 Å². The van der Waals surface area contributed by atoms with Crippen molar-refractivity contribution in [2.75, 3.05) is 24.6 Å². The van der Waals surface area contributed by atoms with Crippen LogP contribution in [0.15, 0.2) is 157 Å². The molecule has 1 saturated heterocycles. The van der Waals surface area contributed by atoms with Crippen molar-refractivity contribution < 1.29 is 37.9 Å². The van der Waals surface area contributed by atoms with Crippen molar-refractivity contribution in [3.05, 3.63) is 175 Å². The summed E-state index contributed by atoms with van der Waals surface area (Å²) in [5, 5.41) is 10.7. The molecule has 2 aromatic heterocycles. The number of furan rings is 1. The van der Waals surface area contributed by atoms with Crippen molar-refractivity contribution in [3.63, 3.8) is 0 Å². The van der Waals surface area contributed by atoms with Gasteiger partial charge in [-0.05, 0) is 71.1 Å². The predicted molar refractivity (Wildman–Crippen MR) is 225 cm³/mol. The molecule has 14 nitrogen and oxygen atoms in total. The van der Waals surface area contributed by atoms with E-state index in [1.165, 1.54) is 23.4 Å². The lowest BCUT2D eigenvalue weighted by atomic mass is 9.90. The van der Waals surface area contributed by atoms with Gasteiger partial charge in [0.05, 0.1) is 12.2 Å². The van der Waals surface area contributed by atoms with E-state index in [2.05, 4.69) is 26.3 Å². The number of piperidine rings is 1. The zero-order valence-corrected chi connectivity index (χ0v) is 32.9. The van der Waals surface area contributed by atoms with Crippen molar-refractivity contribution in [1.82, 2.24) is 26.3 Å². The van der Waals surface area contributed by atoms with E-state index in [1.807, 2.05) is 42.5 Å². The van der Waals surface area contributed by atoms with E-state index in [0.717, 1.165) is 16.7 Å². The highest BCUT2D eigenvalue weighted by molar-refractivity contribution is 6.09. The molecule has 0 saturated carbocycles. The molecule has 3 atom stereocenters. The van der Waals surface area contributed by atoms with Gasteiger partial charge in [-0.15, -0.1) is 0 Å². The Hall–Kier alpha value is -7.87. The summed E-state index contributed by atoms with van der Waals surface area (Å²) in [5.41, 5.74) is 3.88. The zero-order valence-electron chi connectivity index (χ0n) is 32.9. The number of pyridine rings is 1. The molecule has 3 unspecified atom stereocenters. The lowest BCUT2D eigenvalue weighted by Crippen LogP contribution is -2.48. The van der Waals surface area contributed by atoms with Gasteiger partial charge in [0.15, 0.2) is 12.4 Å². The van der Waals surface area contributed by atoms with Gasteiger partial charge in [0, 0.05) is 43.2 Å². The van der Waals surface area contributed by atoms with Crippen molar-refractivity contribution >= 4 is 41.1 Å². The molecule has 1 aliphatic rings. The van der Waals surface area contributed by atoms with Gasteiger partial charge in [0.1, 0.15) is 17.8 Å². The number of hydrogen-bond donors (Lipinski definition) is 4. The van der Waals surface area contributed by atoms with Crippen molar-refractivity contribution in [2.45, 2.75) is 30.8 Å². The molecule has 0 aliphatic carbocycles. The molecule has 0 bridgehead atoms. The number of nitrogens with zero attached hydrogens (tertiary/aromatic N) is 2. The first-order valence-electron chi connectivity index (χ1n) is 19.6. The summed E-state index contributed by atoms with van der Waals surface area (Å²) in [5.74, 6) is -2.89. The van der Waals surface area contributed by atoms with Crippen LogP contribution in [-0.4, -0.2) is 60.1 Å². The average Bonchev–Trinajstić information content (AvgIpc) is 3.85. The first kappa shape index (κ1) is 41.3. The van der Waals surface area contributed by atoms with Gasteiger partial charge in [0.25, 0.3) is 11.8 Å². The van der Waals surface area contributed by atoms with Crippen molar-refractivity contribution in [3.8, 4) is 16.9 Å². The predicted octanol–water partition coefficient (Wildman–Crippen LogP) is 5.42. The Bertz CT molecular complexity index is 2450. The van der Waals surface area contributed by atoms with Crippen molar-refractivity contribution in [2.24, 2.45) is 0 Å². The van der Waals surface area contributed by atoms with Gasteiger partial charge in [-0.3, -0.25) is 44.0 Å². The third-order valence-electron chi connectivity index (χ3n) is 10.0. The number of ether oxygens (including phenoxy) is 1. The minimum Gasteiger partial charge on any atom is -0.484 e. The highest BCUT2D eigenvalue weighted by atomic mass is 16.5. The third kappa shape index (κ3) is 10.4. The highest BCUT2D eigenvalue weighted by Gasteiger charge is 2.37. The number of benzene rings is 4. The fraction of sp³-hybridized carbons (Fsp3) is 0.170. The topological polar surface area (TPSA) is 189 Å². The minimum absolute atomic E-state index is 0.00121. The third-order valence-corrected chi connectivity index (χ3v) is 10.0. The van der Waals surface area contributed by atoms with Crippen LogP contribution in [0.4, 0.5) is 5.69 Å². The van der Waals surface area contributed by atoms with Crippen LogP contribution in [0.25, 0.3) is 11.1 Å². The second kappa shape index (κ2) is 19.7. The monoisotopic (exact) mass is 818 g/mol. The molecule has 0 spiro atoms. The first-order chi connectivity index (χ1) is 29.7. The van der Waals surface area contributed by atoms with E-state index in [1.54, 1.807) is 91.1 Å². The van der Waals surface area contributed by atoms with Crippen LogP contribution in [0.3, 0.4) is 0 Å². The van der Waals surface area contributed by atoms with Gasteiger partial charge in [-0.2, -0.15) is 0 Å². The summed E-state index contributed by atoms with van der Waals surface area (Å²) in [6.45, 7) is -0.222. The van der Waals surface area contributed by atoms with E-state index in [4.69, 9.17) is 9.15 Å². The Morgan fingerprint density at radius 2 is 1.44 bits per heavy atom. The number of amides is 6. The van der Waals surface area contributed by atoms with Gasteiger partial charge in [-0.1, -0.05) is 91.0 Å². The summed E-state index contributed by atoms with van der Waals surface area (Å²) in [6.07, 6.45) is 5.11. The van der Waals surface area contributed by atoms with Gasteiger partial charge in [-0.25, -0.2) is 0 Å². The molecule has 0 radical (unpaired) electrons. The number of carbonyl (C=O) groups excluding carboxylic acids is 6. The molecule has 61 heavy (non-hydrogen) atoms. The summed E-state index contributed by atoms with van der Waals surface area (Å²) in [7, 11) is 0. The summed E-state index contributed by atoms with van der Waals surface area (Å²) in [4.78, 5) is 84.8. The Morgan fingerprint density at radius 1 is 0.754 bits per heavy atom. The number of anilines is 1. The lowest BCUT2D eigenvalue weighted by Gasteiger charge is -2.32. The highest BCUT2D eigenvalue weighted by Crippen LogP contribution is 2.33. The minimum atomic E-state index is -1.30. The van der Waals surface area contributed by atoms with Crippen LogP contribution in [0.2, 0.25) is 0 Å². The van der Waals surface area contributed by atoms with Crippen LogP contribution in [0, 0.1) is 0 Å².